The van der Waals surface area contributed by atoms with E-state index in [-0.39, 0.29) is 24.4 Å². The van der Waals surface area contributed by atoms with Gasteiger partial charge in [-0.05, 0) is 37.3 Å². The Kier molecular flexibility index (Phi) is 4.32. The number of aromatic nitrogens is 1. The van der Waals surface area contributed by atoms with E-state index in [1.807, 2.05) is 25.3 Å². The van der Waals surface area contributed by atoms with Crippen LogP contribution in [0.4, 0.5) is 0 Å². The molecule has 6 heteroatoms. The lowest BCUT2D eigenvalue weighted by atomic mass is 10.1. The zero-order valence-corrected chi connectivity index (χ0v) is 12.9. The van der Waals surface area contributed by atoms with Gasteiger partial charge in [-0.1, -0.05) is 0 Å². The highest BCUT2D eigenvalue weighted by molar-refractivity contribution is 5.94. The Morgan fingerprint density at radius 3 is 3.00 bits per heavy atom. The van der Waals surface area contributed by atoms with Gasteiger partial charge in [-0.15, -0.1) is 0 Å². The zero-order valence-electron chi connectivity index (χ0n) is 12.9. The Balaban J connectivity index is 1.53. The summed E-state index contributed by atoms with van der Waals surface area (Å²) >= 11 is 0. The van der Waals surface area contributed by atoms with Crippen molar-refractivity contribution in [2.24, 2.45) is 0 Å². The molecule has 1 aliphatic rings. The molecule has 0 saturated carbocycles. The highest BCUT2D eigenvalue weighted by Gasteiger charge is 2.27. The fraction of sp³-hybridized carbons (Fsp3) is 0.294. The summed E-state index contributed by atoms with van der Waals surface area (Å²) in [6.45, 7) is 3.43. The zero-order chi connectivity index (χ0) is 16.2. The summed E-state index contributed by atoms with van der Waals surface area (Å²) < 4.78 is 7.25. The lowest BCUT2D eigenvalue weighted by Gasteiger charge is -2.35. The molecule has 2 aromatic heterocycles. The summed E-state index contributed by atoms with van der Waals surface area (Å²) in [5.74, 6) is 0.198. The molecule has 0 aromatic carbocycles. The molecule has 0 saturated heterocycles. The summed E-state index contributed by atoms with van der Waals surface area (Å²) in [7, 11) is 0. The second-order valence-corrected chi connectivity index (χ2v) is 5.46. The lowest BCUT2D eigenvalue weighted by Crippen LogP contribution is -2.45. The summed E-state index contributed by atoms with van der Waals surface area (Å²) in [5.41, 5.74) is 1.12. The van der Waals surface area contributed by atoms with E-state index in [2.05, 4.69) is 9.88 Å². The van der Waals surface area contributed by atoms with Gasteiger partial charge in [0.25, 0.3) is 0 Å². The van der Waals surface area contributed by atoms with Gasteiger partial charge in [-0.2, -0.15) is 0 Å². The molecule has 0 aliphatic carbocycles. The van der Waals surface area contributed by atoms with Gasteiger partial charge < -0.3 is 19.2 Å². The molecule has 0 bridgehead atoms. The molecule has 0 unspecified atom stereocenters. The molecule has 0 radical (unpaired) electrons. The Labute approximate surface area is 134 Å². The minimum absolute atomic E-state index is 0.00756. The Bertz CT molecular complexity index is 715. The van der Waals surface area contributed by atoms with Gasteiger partial charge in [0.2, 0.25) is 11.8 Å². The first-order valence-corrected chi connectivity index (χ1v) is 7.59. The maximum atomic E-state index is 12.3. The topological polar surface area (TPSA) is 67.5 Å². The number of nitrogens with zero attached hydrogens (tertiary/aromatic N) is 2. The van der Waals surface area contributed by atoms with E-state index in [0.29, 0.717) is 12.3 Å². The molecular formula is C17H19N3O3. The number of hydrogen-bond acceptors (Lipinski definition) is 3. The van der Waals surface area contributed by atoms with Gasteiger partial charge in [-0.25, -0.2) is 0 Å². The van der Waals surface area contributed by atoms with E-state index < -0.39 is 0 Å². The van der Waals surface area contributed by atoms with Crippen LogP contribution in [0.1, 0.15) is 24.4 Å². The third-order valence-corrected chi connectivity index (χ3v) is 4.02. The van der Waals surface area contributed by atoms with Crippen LogP contribution in [0.5, 0.6) is 0 Å². The molecule has 1 aliphatic heterocycles. The Morgan fingerprint density at radius 1 is 1.35 bits per heavy atom. The van der Waals surface area contributed by atoms with Crippen molar-refractivity contribution < 1.29 is 14.0 Å². The van der Waals surface area contributed by atoms with Gasteiger partial charge in [0, 0.05) is 31.1 Å². The van der Waals surface area contributed by atoms with Gasteiger partial charge in [0.1, 0.15) is 5.76 Å². The molecule has 23 heavy (non-hydrogen) atoms. The molecule has 3 heterocycles. The highest BCUT2D eigenvalue weighted by atomic mass is 16.3. The third-order valence-electron chi connectivity index (χ3n) is 4.02. The first kappa shape index (κ1) is 15.1. The summed E-state index contributed by atoms with van der Waals surface area (Å²) in [6.07, 6.45) is 6.48. The summed E-state index contributed by atoms with van der Waals surface area (Å²) in [4.78, 5) is 25.9. The van der Waals surface area contributed by atoms with Gasteiger partial charge in [-0.3, -0.25) is 9.59 Å². The summed E-state index contributed by atoms with van der Waals surface area (Å²) in [5, 5.41) is 2.62. The predicted molar refractivity (Wildman–Crippen MR) is 85.3 cm³/mol. The highest BCUT2D eigenvalue weighted by Crippen LogP contribution is 2.24. The SMILES string of the molecule is C[C@H]1c2cccn2CCN1C(=O)CNC(=O)/C=C\c1ccco1. The molecule has 120 valence electrons. The van der Waals surface area contributed by atoms with Crippen LogP contribution in [0.15, 0.2) is 47.2 Å². The van der Waals surface area contributed by atoms with E-state index in [1.54, 1.807) is 23.1 Å². The average molecular weight is 313 g/mol. The average Bonchev–Trinajstić information content (AvgIpc) is 3.22. The van der Waals surface area contributed by atoms with Crippen molar-refractivity contribution in [2.45, 2.75) is 19.5 Å². The molecule has 1 N–H and O–H groups in total. The lowest BCUT2D eigenvalue weighted by molar-refractivity contribution is -0.134. The second-order valence-electron chi connectivity index (χ2n) is 5.46. The van der Waals surface area contributed by atoms with Gasteiger partial charge in [0.15, 0.2) is 0 Å². The number of furan rings is 1. The quantitative estimate of drug-likeness (QED) is 0.876. The van der Waals surface area contributed by atoms with Gasteiger partial charge >= 0.3 is 0 Å². The van der Waals surface area contributed by atoms with Crippen molar-refractivity contribution in [3.63, 3.8) is 0 Å². The van der Waals surface area contributed by atoms with Gasteiger partial charge in [0.05, 0.1) is 18.8 Å². The van der Waals surface area contributed by atoms with Crippen molar-refractivity contribution in [2.75, 3.05) is 13.1 Å². The standard InChI is InChI=1S/C17H19N3O3/c1-13-15-5-2-8-19(15)9-10-20(13)17(22)12-18-16(21)7-6-14-4-3-11-23-14/h2-8,11,13H,9-10,12H2,1H3,(H,18,21)/b7-6-/t13-/m0/s1. The molecule has 3 rings (SSSR count). The van der Waals surface area contributed by atoms with Crippen LogP contribution in [0.25, 0.3) is 6.08 Å². The van der Waals surface area contributed by atoms with Crippen molar-refractivity contribution in [3.8, 4) is 0 Å². The van der Waals surface area contributed by atoms with Crippen LogP contribution in [-0.2, 0) is 16.1 Å². The molecule has 2 aromatic rings. The Hall–Kier alpha value is -2.76. The number of amides is 2. The maximum Gasteiger partial charge on any atom is 0.244 e. The number of carbonyl (C=O) groups is 2. The van der Waals surface area contributed by atoms with Crippen molar-refractivity contribution in [1.29, 1.82) is 0 Å². The number of carbonyl (C=O) groups excluding carboxylic acids is 2. The number of rotatable bonds is 4. The summed E-state index contributed by atoms with van der Waals surface area (Å²) in [6, 6.07) is 7.52. The van der Waals surface area contributed by atoms with E-state index in [9.17, 15) is 9.59 Å². The van der Waals surface area contributed by atoms with E-state index in [4.69, 9.17) is 4.42 Å². The molecule has 0 fully saturated rings. The van der Waals surface area contributed by atoms with Crippen molar-refractivity contribution in [3.05, 3.63) is 54.3 Å². The molecule has 1 atom stereocenters. The molecule has 2 amide bonds. The van der Waals surface area contributed by atoms with Crippen LogP contribution in [0, 0.1) is 0 Å². The fourth-order valence-electron chi connectivity index (χ4n) is 2.79. The van der Waals surface area contributed by atoms with Crippen molar-refractivity contribution in [1.82, 2.24) is 14.8 Å². The van der Waals surface area contributed by atoms with Crippen LogP contribution >= 0.6 is 0 Å². The maximum absolute atomic E-state index is 12.3. The molecular weight excluding hydrogens is 294 g/mol. The van der Waals surface area contributed by atoms with Crippen LogP contribution < -0.4 is 5.32 Å². The van der Waals surface area contributed by atoms with Crippen LogP contribution in [-0.4, -0.2) is 34.4 Å². The number of hydrogen-bond donors (Lipinski definition) is 1. The molecule has 6 nitrogen and oxygen atoms in total. The predicted octanol–water partition coefficient (Wildman–Crippen LogP) is 1.81. The first-order valence-electron chi connectivity index (χ1n) is 7.59. The first-order chi connectivity index (χ1) is 11.1. The smallest absolute Gasteiger partial charge is 0.244 e. The monoisotopic (exact) mass is 313 g/mol. The van der Waals surface area contributed by atoms with Crippen LogP contribution in [0.2, 0.25) is 0 Å². The number of fused-ring (bicyclic) bond motifs is 1. The minimum atomic E-state index is -0.317. The fourth-order valence-corrected chi connectivity index (χ4v) is 2.79. The van der Waals surface area contributed by atoms with E-state index in [0.717, 1.165) is 12.2 Å². The number of nitrogens with one attached hydrogen (secondary N) is 1. The third kappa shape index (κ3) is 3.36. The van der Waals surface area contributed by atoms with E-state index in [1.165, 1.54) is 12.3 Å². The molecule has 0 spiro atoms. The minimum Gasteiger partial charge on any atom is -0.465 e. The van der Waals surface area contributed by atoms with E-state index >= 15 is 0 Å². The second kappa shape index (κ2) is 6.56. The normalized spacial score (nSPS) is 17.3. The Morgan fingerprint density at radius 2 is 2.22 bits per heavy atom. The van der Waals surface area contributed by atoms with Crippen LogP contribution in [0.3, 0.4) is 0 Å². The largest absolute Gasteiger partial charge is 0.465 e. The van der Waals surface area contributed by atoms with Crippen molar-refractivity contribution >= 4 is 17.9 Å².